The van der Waals surface area contributed by atoms with Gasteiger partial charge in [-0.3, -0.25) is 9.53 Å². The van der Waals surface area contributed by atoms with Crippen molar-refractivity contribution in [3.63, 3.8) is 0 Å². The Kier molecular flexibility index (Phi) is 8.25. The summed E-state index contributed by atoms with van der Waals surface area (Å²) in [6.45, 7) is 6.39. The maximum atomic E-state index is 13.3. The molecule has 1 aromatic carbocycles. The second-order valence-electron chi connectivity index (χ2n) is 9.50. The first-order valence-corrected chi connectivity index (χ1v) is 12.2. The van der Waals surface area contributed by atoms with E-state index in [1.807, 2.05) is 18.2 Å². The number of pyridine rings is 1. The lowest BCUT2D eigenvalue weighted by molar-refractivity contribution is -0.325. The van der Waals surface area contributed by atoms with Crippen LogP contribution in [0.3, 0.4) is 0 Å². The molecule has 1 amide bonds. The predicted molar refractivity (Wildman–Crippen MR) is 126 cm³/mol. The summed E-state index contributed by atoms with van der Waals surface area (Å²) in [6, 6.07) is 10.4. The van der Waals surface area contributed by atoms with E-state index in [2.05, 4.69) is 23.6 Å². The molecule has 37 heavy (non-hydrogen) atoms. The number of rotatable bonds is 9. The number of amides is 1. The monoisotopic (exact) mass is 524 g/mol. The largest absolute Gasteiger partial charge is 0.522 e. The van der Waals surface area contributed by atoms with Gasteiger partial charge in [-0.25, -0.2) is 4.98 Å². The number of piperidine rings is 1. The zero-order valence-electron chi connectivity index (χ0n) is 21.0. The number of aromatic nitrogens is 1. The Balaban J connectivity index is 1.40. The van der Waals surface area contributed by atoms with Crippen LogP contribution in [0.1, 0.15) is 41.9 Å². The summed E-state index contributed by atoms with van der Waals surface area (Å²) in [4.78, 5) is 19.7. The van der Waals surface area contributed by atoms with E-state index in [4.69, 9.17) is 18.9 Å². The van der Waals surface area contributed by atoms with E-state index in [-0.39, 0.29) is 19.3 Å². The van der Waals surface area contributed by atoms with Crippen LogP contribution >= 0.6 is 0 Å². The van der Waals surface area contributed by atoms with E-state index < -0.39 is 24.7 Å². The zero-order valence-corrected chi connectivity index (χ0v) is 21.0. The third-order valence-corrected chi connectivity index (χ3v) is 6.28. The number of halogens is 3. The number of carbonyl (C=O) groups is 1. The van der Waals surface area contributed by atoms with Crippen molar-refractivity contribution in [1.29, 1.82) is 0 Å². The summed E-state index contributed by atoms with van der Waals surface area (Å²) >= 11 is 0. The van der Waals surface area contributed by atoms with E-state index in [0.29, 0.717) is 54.8 Å². The maximum Gasteiger partial charge on any atom is 0.522 e. The average Bonchev–Trinajstić information content (AvgIpc) is 3.30. The molecule has 0 bridgehead atoms. The van der Waals surface area contributed by atoms with Crippen LogP contribution in [0.4, 0.5) is 13.2 Å². The van der Waals surface area contributed by atoms with Crippen molar-refractivity contribution in [2.24, 2.45) is 5.92 Å². The number of aryl methyl sites for hydroxylation is 1. The summed E-state index contributed by atoms with van der Waals surface area (Å²) in [5.41, 5.74) is 1.03. The Morgan fingerprint density at radius 2 is 2.03 bits per heavy atom. The van der Waals surface area contributed by atoms with Crippen molar-refractivity contribution in [1.82, 2.24) is 9.88 Å². The predicted octanol–water partition coefficient (Wildman–Crippen LogP) is 4.45. The van der Waals surface area contributed by atoms with E-state index in [1.165, 1.54) is 0 Å². The molecular weight excluding hydrogens is 493 g/mol. The highest BCUT2D eigenvalue weighted by Crippen LogP contribution is 2.42. The van der Waals surface area contributed by atoms with Crippen LogP contribution in [0.5, 0.6) is 11.6 Å². The molecule has 2 saturated heterocycles. The SMILES string of the molecule is Cc1cc(C(=O)N2CC[C@]3(c4cccc(OCC(C)C)n4)OCOC3C2)ccc1OCCOC(F)(F)F. The number of carbonyl (C=O) groups excluding carboxylic acids is 1. The molecule has 0 spiro atoms. The molecule has 2 aromatic rings. The van der Waals surface area contributed by atoms with E-state index in [0.717, 1.165) is 5.69 Å². The quantitative estimate of drug-likeness (QED) is 0.449. The summed E-state index contributed by atoms with van der Waals surface area (Å²) in [7, 11) is 0. The summed E-state index contributed by atoms with van der Waals surface area (Å²) < 4.78 is 63.2. The number of alkyl halides is 3. The first-order chi connectivity index (χ1) is 17.6. The molecule has 2 fully saturated rings. The van der Waals surface area contributed by atoms with E-state index in [9.17, 15) is 18.0 Å². The molecule has 8 nitrogen and oxygen atoms in total. The molecule has 4 rings (SSSR count). The van der Waals surface area contributed by atoms with Crippen LogP contribution in [0.15, 0.2) is 36.4 Å². The van der Waals surface area contributed by atoms with Gasteiger partial charge in [-0.15, -0.1) is 13.2 Å². The molecule has 0 radical (unpaired) electrons. The fourth-order valence-electron chi connectivity index (χ4n) is 4.45. The van der Waals surface area contributed by atoms with Crippen LogP contribution < -0.4 is 9.47 Å². The lowest BCUT2D eigenvalue weighted by atomic mass is 9.85. The summed E-state index contributed by atoms with van der Waals surface area (Å²) in [6.07, 6.45) is -4.59. The maximum absolute atomic E-state index is 13.3. The van der Waals surface area contributed by atoms with E-state index in [1.54, 1.807) is 30.0 Å². The lowest BCUT2D eigenvalue weighted by Gasteiger charge is -2.41. The third-order valence-electron chi connectivity index (χ3n) is 6.28. The second-order valence-corrected chi connectivity index (χ2v) is 9.50. The van der Waals surface area contributed by atoms with Gasteiger partial charge in [0, 0.05) is 24.6 Å². The van der Waals surface area contributed by atoms with E-state index >= 15 is 0 Å². The molecule has 1 unspecified atom stereocenters. The standard InChI is InChI=1S/C26H31F3N2O6/c1-17(2)15-34-23-6-4-5-21(30-23)25-9-10-31(14-22(25)35-16-37-25)24(32)19-7-8-20(18(3)13-19)33-11-12-36-26(27,28)29/h4-8,13,17,22H,9-12,14-16H2,1-3H3/t22?,25-/m1/s1. The highest BCUT2D eigenvalue weighted by molar-refractivity contribution is 5.94. The fraction of sp³-hybridized carbons (Fsp3) is 0.538. The van der Waals surface area contributed by atoms with Gasteiger partial charge in [0.25, 0.3) is 5.91 Å². The van der Waals surface area contributed by atoms with Crippen molar-refractivity contribution < 1.29 is 41.7 Å². The molecular formula is C26H31F3N2O6. The minimum atomic E-state index is -4.70. The minimum Gasteiger partial charge on any atom is -0.491 e. The Morgan fingerprint density at radius 1 is 1.22 bits per heavy atom. The van der Waals surface area contributed by atoms with Crippen LogP contribution in [0.25, 0.3) is 0 Å². The molecule has 2 atom stereocenters. The second kappa shape index (κ2) is 11.2. The molecule has 3 heterocycles. The Morgan fingerprint density at radius 3 is 2.76 bits per heavy atom. The molecule has 2 aliphatic heterocycles. The number of hydrogen-bond donors (Lipinski definition) is 0. The van der Waals surface area contributed by atoms with Gasteiger partial charge in [0.1, 0.15) is 30.9 Å². The van der Waals surface area contributed by atoms with Crippen molar-refractivity contribution in [2.75, 3.05) is 39.7 Å². The Labute approximate surface area is 213 Å². The number of hydrogen-bond acceptors (Lipinski definition) is 7. The van der Waals surface area contributed by atoms with Gasteiger partial charge in [-0.2, -0.15) is 0 Å². The van der Waals surface area contributed by atoms with Crippen molar-refractivity contribution in [2.45, 2.75) is 45.3 Å². The van der Waals surface area contributed by atoms with Crippen LogP contribution in [0, 0.1) is 12.8 Å². The van der Waals surface area contributed by atoms with Gasteiger partial charge in [0.15, 0.2) is 0 Å². The normalized spacial score (nSPS) is 21.7. The summed E-state index contributed by atoms with van der Waals surface area (Å²) in [5, 5.41) is 0. The number of nitrogens with zero attached hydrogens (tertiary/aromatic N) is 2. The molecule has 0 aliphatic carbocycles. The Bertz CT molecular complexity index is 1100. The van der Waals surface area contributed by atoms with Gasteiger partial charge >= 0.3 is 6.36 Å². The number of likely N-dealkylation sites (tertiary alicyclic amines) is 1. The van der Waals surface area contributed by atoms with Gasteiger partial charge in [0.2, 0.25) is 5.88 Å². The Hall–Kier alpha value is -2.89. The summed E-state index contributed by atoms with van der Waals surface area (Å²) in [5.74, 6) is 1.10. The molecule has 0 saturated carbocycles. The first-order valence-electron chi connectivity index (χ1n) is 12.2. The lowest BCUT2D eigenvalue weighted by Crippen LogP contribution is -2.53. The zero-order chi connectivity index (χ0) is 26.6. The van der Waals surface area contributed by atoms with Gasteiger partial charge in [0.05, 0.1) is 25.5 Å². The average molecular weight is 525 g/mol. The fourth-order valence-corrected chi connectivity index (χ4v) is 4.45. The van der Waals surface area contributed by atoms with Crippen molar-refractivity contribution >= 4 is 5.91 Å². The molecule has 11 heteroatoms. The van der Waals surface area contributed by atoms with Gasteiger partial charge in [-0.05, 0) is 42.7 Å². The van der Waals surface area contributed by atoms with Crippen molar-refractivity contribution in [3.05, 3.63) is 53.2 Å². The van der Waals surface area contributed by atoms with Crippen molar-refractivity contribution in [3.8, 4) is 11.6 Å². The van der Waals surface area contributed by atoms with Crippen LogP contribution in [0.2, 0.25) is 0 Å². The van der Waals surface area contributed by atoms with Crippen LogP contribution in [-0.2, 0) is 19.8 Å². The highest BCUT2D eigenvalue weighted by atomic mass is 19.4. The first kappa shape index (κ1) is 27.2. The molecule has 2 aliphatic rings. The third kappa shape index (κ3) is 6.52. The topological polar surface area (TPSA) is 79.4 Å². The molecule has 202 valence electrons. The highest BCUT2D eigenvalue weighted by Gasteiger charge is 2.52. The van der Waals surface area contributed by atoms with Crippen LogP contribution in [-0.4, -0.2) is 68.0 Å². The number of benzene rings is 1. The minimum absolute atomic E-state index is 0.106. The number of fused-ring (bicyclic) bond motifs is 1. The van der Waals surface area contributed by atoms with Gasteiger partial charge < -0.3 is 23.8 Å². The molecule has 1 aromatic heterocycles. The van der Waals surface area contributed by atoms with Gasteiger partial charge in [-0.1, -0.05) is 19.9 Å². The number of ether oxygens (including phenoxy) is 5. The molecule has 0 N–H and O–H groups in total. The smallest absolute Gasteiger partial charge is 0.491 e.